The lowest BCUT2D eigenvalue weighted by molar-refractivity contribution is -0.136. The van der Waals surface area contributed by atoms with Crippen LogP contribution in [0.15, 0.2) is 34.0 Å². The van der Waals surface area contributed by atoms with E-state index in [4.69, 9.17) is 0 Å². The van der Waals surface area contributed by atoms with Gasteiger partial charge in [0.25, 0.3) is 0 Å². The van der Waals surface area contributed by atoms with E-state index in [1.165, 1.54) is 16.4 Å². The van der Waals surface area contributed by atoms with Crippen LogP contribution in [0.25, 0.3) is 10.9 Å². The second-order valence-corrected chi connectivity index (χ2v) is 6.95. The highest BCUT2D eigenvalue weighted by Crippen LogP contribution is 2.34. The highest BCUT2D eigenvalue weighted by molar-refractivity contribution is 7.89. The molecule has 1 aromatic carbocycles. The number of benzene rings is 1. The minimum Gasteiger partial charge on any atom is -0.322 e. The Bertz CT molecular complexity index is 899. The summed E-state index contributed by atoms with van der Waals surface area (Å²) in [6.45, 7) is 0.718. The van der Waals surface area contributed by atoms with Gasteiger partial charge in [0.05, 0.1) is 10.5 Å². The van der Waals surface area contributed by atoms with Crippen molar-refractivity contribution < 1.29 is 21.6 Å². The van der Waals surface area contributed by atoms with Crippen LogP contribution in [0.4, 0.5) is 13.2 Å². The fourth-order valence-corrected chi connectivity index (χ4v) is 3.85. The van der Waals surface area contributed by atoms with Crippen LogP contribution in [0, 0.1) is 0 Å². The summed E-state index contributed by atoms with van der Waals surface area (Å²) >= 11 is 0. The quantitative estimate of drug-likeness (QED) is 0.914. The molecule has 3 rings (SSSR count). The van der Waals surface area contributed by atoms with Crippen molar-refractivity contribution in [3.8, 4) is 0 Å². The number of halogens is 3. The van der Waals surface area contributed by atoms with Crippen LogP contribution >= 0.6 is 0 Å². The zero-order valence-corrected chi connectivity index (χ0v) is 12.0. The van der Waals surface area contributed by atoms with Crippen LogP contribution in [0.2, 0.25) is 0 Å². The van der Waals surface area contributed by atoms with Crippen LogP contribution < -0.4 is 5.56 Å². The summed E-state index contributed by atoms with van der Waals surface area (Å²) in [6.07, 6.45) is -4.01. The lowest BCUT2D eigenvalue weighted by Crippen LogP contribution is -2.41. The number of alkyl halides is 3. The Labute approximate surface area is 123 Å². The molecule has 0 radical (unpaired) electrons. The largest absolute Gasteiger partial charge is 0.417 e. The van der Waals surface area contributed by atoms with Gasteiger partial charge in [-0.1, -0.05) is 0 Å². The summed E-state index contributed by atoms with van der Waals surface area (Å²) in [5.41, 5.74) is -2.09. The van der Waals surface area contributed by atoms with Gasteiger partial charge in [-0.25, -0.2) is 8.42 Å². The number of pyridine rings is 1. The third-order valence-electron chi connectivity index (χ3n) is 3.57. The molecular formula is C13H11F3N2O3S. The van der Waals surface area contributed by atoms with Crippen molar-refractivity contribution in [1.82, 2.24) is 9.29 Å². The van der Waals surface area contributed by atoms with Crippen molar-refractivity contribution in [3.63, 3.8) is 0 Å². The van der Waals surface area contributed by atoms with Crippen molar-refractivity contribution >= 4 is 20.9 Å². The number of rotatable bonds is 2. The van der Waals surface area contributed by atoms with Gasteiger partial charge >= 0.3 is 6.18 Å². The van der Waals surface area contributed by atoms with Crippen LogP contribution in [0.3, 0.4) is 0 Å². The normalized spacial score (nSPS) is 16.7. The number of aromatic amines is 1. The number of fused-ring (bicyclic) bond motifs is 1. The Morgan fingerprint density at radius 1 is 1.14 bits per heavy atom. The van der Waals surface area contributed by atoms with Gasteiger partial charge in [-0.3, -0.25) is 4.79 Å². The number of sulfonamides is 1. The second kappa shape index (κ2) is 4.82. The summed E-state index contributed by atoms with van der Waals surface area (Å²) < 4.78 is 64.9. The van der Waals surface area contributed by atoms with Crippen molar-refractivity contribution in [2.24, 2.45) is 0 Å². The predicted molar refractivity (Wildman–Crippen MR) is 72.9 cm³/mol. The van der Waals surface area contributed by atoms with Crippen LogP contribution in [0.5, 0.6) is 0 Å². The van der Waals surface area contributed by atoms with Crippen molar-refractivity contribution in [1.29, 1.82) is 0 Å². The first-order valence-corrected chi connectivity index (χ1v) is 7.88. The first-order chi connectivity index (χ1) is 10.2. The number of aromatic nitrogens is 1. The van der Waals surface area contributed by atoms with Gasteiger partial charge in [-0.15, -0.1) is 0 Å². The first kappa shape index (κ1) is 15.0. The number of hydrogen-bond donors (Lipinski definition) is 1. The average molecular weight is 332 g/mol. The number of hydrogen-bond acceptors (Lipinski definition) is 3. The maximum Gasteiger partial charge on any atom is 0.417 e. The molecule has 22 heavy (non-hydrogen) atoms. The Morgan fingerprint density at radius 3 is 2.36 bits per heavy atom. The molecule has 0 aliphatic carbocycles. The van der Waals surface area contributed by atoms with Crippen LogP contribution in [0.1, 0.15) is 12.0 Å². The number of H-pyrrole nitrogens is 1. The third-order valence-corrected chi connectivity index (χ3v) is 5.47. The lowest BCUT2D eigenvalue weighted by Gasteiger charge is -2.29. The summed E-state index contributed by atoms with van der Waals surface area (Å²) in [5.74, 6) is 0. The Hall–Kier alpha value is -1.87. The molecule has 1 N–H and O–H groups in total. The molecule has 1 aliphatic heterocycles. The molecule has 1 saturated heterocycles. The molecule has 1 fully saturated rings. The molecule has 9 heteroatoms. The Kier molecular flexibility index (Phi) is 3.29. The third kappa shape index (κ3) is 2.40. The van der Waals surface area contributed by atoms with Crippen LogP contribution in [-0.4, -0.2) is 30.8 Å². The molecule has 0 bridgehead atoms. The average Bonchev–Trinajstić information content (AvgIpc) is 2.33. The molecule has 2 aromatic rings. The molecule has 0 unspecified atom stereocenters. The minimum atomic E-state index is -4.74. The predicted octanol–water partition coefficient (Wildman–Crippen LogP) is 1.94. The minimum absolute atomic E-state index is 0.0533. The van der Waals surface area contributed by atoms with E-state index in [2.05, 4.69) is 4.98 Å². The van der Waals surface area contributed by atoms with Crippen LogP contribution in [-0.2, 0) is 16.2 Å². The molecular weight excluding hydrogens is 321 g/mol. The topological polar surface area (TPSA) is 70.2 Å². The zero-order chi connectivity index (χ0) is 16.1. The molecule has 0 amide bonds. The van der Waals surface area contributed by atoms with Gasteiger partial charge in [0.1, 0.15) is 0 Å². The van der Waals surface area contributed by atoms with Gasteiger partial charge in [0.2, 0.25) is 15.6 Å². The molecule has 1 aromatic heterocycles. The zero-order valence-electron chi connectivity index (χ0n) is 11.1. The maximum atomic E-state index is 13.0. The second-order valence-electron chi connectivity index (χ2n) is 5.01. The molecule has 118 valence electrons. The summed E-state index contributed by atoms with van der Waals surface area (Å²) in [5, 5.41) is -0.339. The van der Waals surface area contributed by atoms with E-state index in [0.29, 0.717) is 19.2 Å². The first-order valence-electron chi connectivity index (χ1n) is 6.44. The number of nitrogens with zero attached hydrogens (tertiary/aromatic N) is 1. The van der Waals surface area contributed by atoms with E-state index in [1.807, 2.05) is 0 Å². The van der Waals surface area contributed by atoms with Crippen molar-refractivity contribution in [2.45, 2.75) is 17.5 Å². The van der Waals surface area contributed by atoms with Gasteiger partial charge in [-0.05, 0) is 24.6 Å². The van der Waals surface area contributed by atoms with E-state index < -0.39 is 27.3 Å². The van der Waals surface area contributed by atoms with E-state index >= 15 is 0 Å². The van der Waals surface area contributed by atoms with E-state index in [1.54, 1.807) is 0 Å². The summed E-state index contributed by atoms with van der Waals surface area (Å²) in [7, 11) is -3.79. The molecule has 1 aliphatic rings. The van der Waals surface area contributed by atoms with E-state index in [9.17, 15) is 26.4 Å². The van der Waals surface area contributed by atoms with Gasteiger partial charge < -0.3 is 4.98 Å². The fourth-order valence-electron chi connectivity index (χ4n) is 2.30. The monoisotopic (exact) mass is 332 g/mol. The molecule has 0 saturated carbocycles. The lowest BCUT2D eigenvalue weighted by atomic mass is 10.1. The smallest absolute Gasteiger partial charge is 0.322 e. The van der Waals surface area contributed by atoms with Gasteiger partial charge in [0, 0.05) is 30.1 Å². The van der Waals surface area contributed by atoms with E-state index in [-0.39, 0.29) is 15.8 Å². The Balaban J connectivity index is 2.25. The highest BCUT2D eigenvalue weighted by Gasteiger charge is 2.34. The number of nitrogens with one attached hydrogen (secondary N) is 1. The highest BCUT2D eigenvalue weighted by atomic mass is 32.2. The Morgan fingerprint density at radius 2 is 1.82 bits per heavy atom. The SMILES string of the molecule is O=c1cc(C(F)(F)F)c2cc(S(=O)(=O)N3CCC3)ccc2[nH]1. The van der Waals surface area contributed by atoms with Gasteiger partial charge in [0.15, 0.2) is 0 Å². The van der Waals surface area contributed by atoms with E-state index in [0.717, 1.165) is 12.5 Å². The summed E-state index contributed by atoms with van der Waals surface area (Å²) in [4.78, 5) is 13.4. The summed E-state index contributed by atoms with van der Waals surface area (Å²) in [6, 6.07) is 3.77. The molecule has 2 heterocycles. The maximum absolute atomic E-state index is 13.0. The van der Waals surface area contributed by atoms with Crippen molar-refractivity contribution in [2.75, 3.05) is 13.1 Å². The fraction of sp³-hybridized carbons (Fsp3) is 0.308. The molecule has 5 nitrogen and oxygen atoms in total. The van der Waals surface area contributed by atoms with Crippen molar-refractivity contribution in [3.05, 3.63) is 40.2 Å². The molecule has 0 spiro atoms. The standard InChI is InChI=1S/C13H11F3N2O3S/c14-13(15,16)10-7-12(19)17-11-3-2-8(6-9(10)11)22(20,21)18-4-1-5-18/h2-3,6-7H,1,4-5H2,(H,17,19). The van der Waals surface area contributed by atoms with Gasteiger partial charge in [-0.2, -0.15) is 17.5 Å². The molecule has 0 atom stereocenters.